The van der Waals surface area contributed by atoms with Gasteiger partial charge in [-0.05, 0) is 32.0 Å². The first-order valence-electron chi connectivity index (χ1n) is 8.62. The number of benzene rings is 1. The molecule has 0 spiro atoms. The lowest BCUT2D eigenvalue weighted by Gasteiger charge is -2.21. The number of aryl methyl sites for hydroxylation is 2. The Morgan fingerprint density at radius 2 is 2.23 bits per heavy atom. The van der Waals surface area contributed by atoms with Crippen LogP contribution in [-0.4, -0.2) is 34.2 Å². The van der Waals surface area contributed by atoms with Crippen molar-refractivity contribution in [1.82, 2.24) is 20.0 Å². The number of fused-ring (bicyclic) bond motifs is 1. The molecular weight excluding hydrogens is 333 g/mol. The summed E-state index contributed by atoms with van der Waals surface area (Å²) in [5.74, 6) is 1.26. The van der Waals surface area contributed by atoms with E-state index in [9.17, 15) is 4.39 Å². The summed E-state index contributed by atoms with van der Waals surface area (Å²) in [5.41, 5.74) is 2.72. The highest BCUT2D eigenvalue weighted by Gasteiger charge is 2.13. The van der Waals surface area contributed by atoms with Gasteiger partial charge >= 0.3 is 0 Å². The second-order valence-electron chi connectivity index (χ2n) is 6.34. The maximum atomic E-state index is 13.5. The van der Waals surface area contributed by atoms with Crippen molar-refractivity contribution in [3.8, 4) is 0 Å². The zero-order valence-electron chi connectivity index (χ0n) is 15.6. The molecule has 0 unspecified atom stereocenters. The Labute approximate surface area is 152 Å². The van der Waals surface area contributed by atoms with Gasteiger partial charge in [0, 0.05) is 49.9 Å². The number of halogens is 1. The highest BCUT2D eigenvalue weighted by atomic mass is 19.1. The summed E-state index contributed by atoms with van der Waals surface area (Å²) >= 11 is 0. The van der Waals surface area contributed by atoms with Gasteiger partial charge in [0.15, 0.2) is 5.96 Å². The lowest BCUT2D eigenvalue weighted by atomic mass is 10.1. The van der Waals surface area contributed by atoms with Gasteiger partial charge in [-0.2, -0.15) is 5.10 Å². The minimum Gasteiger partial charge on any atom is -0.459 e. The average Bonchev–Trinajstić information content (AvgIpc) is 3.15. The Hall–Kier alpha value is -2.83. The third-order valence-electron chi connectivity index (χ3n) is 4.24. The monoisotopic (exact) mass is 357 g/mol. The third kappa shape index (κ3) is 3.87. The fourth-order valence-electron chi connectivity index (χ4n) is 2.91. The van der Waals surface area contributed by atoms with Gasteiger partial charge < -0.3 is 14.6 Å². The van der Waals surface area contributed by atoms with E-state index in [-0.39, 0.29) is 5.82 Å². The molecule has 0 radical (unpaired) electrons. The first kappa shape index (κ1) is 18.0. The maximum absolute atomic E-state index is 13.5. The van der Waals surface area contributed by atoms with Crippen LogP contribution in [0, 0.1) is 12.7 Å². The molecule has 138 valence electrons. The molecule has 3 rings (SSSR count). The first-order valence-corrected chi connectivity index (χ1v) is 8.62. The summed E-state index contributed by atoms with van der Waals surface area (Å²) in [7, 11) is 3.88. The highest BCUT2D eigenvalue weighted by Crippen LogP contribution is 2.26. The number of aromatic nitrogens is 2. The zero-order chi connectivity index (χ0) is 18.7. The van der Waals surface area contributed by atoms with Crippen LogP contribution in [0.3, 0.4) is 0 Å². The minimum absolute atomic E-state index is 0.263. The van der Waals surface area contributed by atoms with E-state index in [0.29, 0.717) is 18.7 Å². The molecule has 0 aliphatic carbocycles. The SMILES string of the molecule is CCNC(=NCc1oc2ccc(F)cc2c1C)N(C)Cc1cnn(C)c1. The van der Waals surface area contributed by atoms with E-state index >= 15 is 0 Å². The topological polar surface area (TPSA) is 58.6 Å². The summed E-state index contributed by atoms with van der Waals surface area (Å²) in [6.45, 7) is 5.82. The van der Waals surface area contributed by atoms with Crippen LogP contribution in [0.2, 0.25) is 0 Å². The quantitative estimate of drug-likeness (QED) is 0.563. The van der Waals surface area contributed by atoms with Crippen molar-refractivity contribution in [2.45, 2.75) is 26.9 Å². The molecular formula is C19H24FN5O. The lowest BCUT2D eigenvalue weighted by molar-refractivity contribution is 0.472. The van der Waals surface area contributed by atoms with E-state index in [1.807, 2.05) is 45.2 Å². The molecule has 0 aliphatic heterocycles. The second kappa shape index (κ2) is 7.59. The van der Waals surface area contributed by atoms with Crippen molar-refractivity contribution in [3.63, 3.8) is 0 Å². The Morgan fingerprint density at radius 1 is 1.42 bits per heavy atom. The molecule has 0 aliphatic rings. The number of nitrogens with zero attached hydrogens (tertiary/aromatic N) is 4. The molecule has 0 fully saturated rings. The van der Waals surface area contributed by atoms with Crippen LogP contribution in [-0.2, 0) is 20.1 Å². The van der Waals surface area contributed by atoms with Crippen LogP contribution < -0.4 is 5.32 Å². The number of rotatable bonds is 5. The summed E-state index contributed by atoms with van der Waals surface area (Å²) < 4.78 is 21.1. The molecule has 26 heavy (non-hydrogen) atoms. The van der Waals surface area contributed by atoms with Gasteiger partial charge in [-0.3, -0.25) is 4.68 Å². The fraction of sp³-hybridized carbons (Fsp3) is 0.368. The number of hydrogen-bond donors (Lipinski definition) is 1. The summed E-state index contributed by atoms with van der Waals surface area (Å²) in [6.07, 6.45) is 3.83. The van der Waals surface area contributed by atoms with Crippen molar-refractivity contribution >= 4 is 16.9 Å². The fourth-order valence-corrected chi connectivity index (χ4v) is 2.91. The third-order valence-corrected chi connectivity index (χ3v) is 4.24. The zero-order valence-corrected chi connectivity index (χ0v) is 15.6. The number of furan rings is 1. The minimum atomic E-state index is -0.263. The van der Waals surface area contributed by atoms with Gasteiger partial charge in [0.2, 0.25) is 0 Å². The molecule has 6 nitrogen and oxygen atoms in total. The van der Waals surface area contributed by atoms with Crippen LogP contribution in [0.5, 0.6) is 0 Å². The number of hydrogen-bond acceptors (Lipinski definition) is 3. The molecule has 0 bridgehead atoms. The summed E-state index contributed by atoms with van der Waals surface area (Å²) in [4.78, 5) is 6.72. The van der Waals surface area contributed by atoms with Gasteiger partial charge in [0.1, 0.15) is 23.7 Å². The molecule has 0 saturated heterocycles. The van der Waals surface area contributed by atoms with Gasteiger partial charge in [-0.15, -0.1) is 0 Å². The predicted octanol–water partition coefficient (Wildman–Crippen LogP) is 3.21. The Morgan fingerprint density at radius 3 is 2.92 bits per heavy atom. The predicted molar refractivity (Wildman–Crippen MR) is 100 cm³/mol. The van der Waals surface area contributed by atoms with Gasteiger partial charge in [-0.1, -0.05) is 0 Å². The molecule has 1 N–H and O–H groups in total. The van der Waals surface area contributed by atoms with Crippen LogP contribution in [0.15, 0.2) is 40.0 Å². The molecule has 0 saturated carbocycles. The number of aliphatic imine (C=N–C) groups is 1. The highest BCUT2D eigenvalue weighted by molar-refractivity contribution is 5.82. The maximum Gasteiger partial charge on any atom is 0.194 e. The van der Waals surface area contributed by atoms with E-state index in [4.69, 9.17) is 4.42 Å². The first-order chi connectivity index (χ1) is 12.5. The molecule has 0 amide bonds. The van der Waals surface area contributed by atoms with Crippen LogP contribution in [0.4, 0.5) is 4.39 Å². The van der Waals surface area contributed by atoms with Crippen LogP contribution in [0.1, 0.15) is 23.8 Å². The second-order valence-corrected chi connectivity index (χ2v) is 6.34. The summed E-state index contributed by atoms with van der Waals surface area (Å²) in [5, 5.41) is 8.28. The molecule has 0 atom stereocenters. The Balaban J connectivity index is 1.79. The lowest BCUT2D eigenvalue weighted by Crippen LogP contribution is -2.38. The molecule has 1 aromatic carbocycles. The van der Waals surface area contributed by atoms with Crippen molar-refractivity contribution in [1.29, 1.82) is 0 Å². The van der Waals surface area contributed by atoms with E-state index in [1.165, 1.54) is 12.1 Å². The molecule has 7 heteroatoms. The van der Waals surface area contributed by atoms with Gasteiger partial charge in [0.25, 0.3) is 0 Å². The van der Waals surface area contributed by atoms with E-state index in [1.54, 1.807) is 10.7 Å². The van der Waals surface area contributed by atoms with E-state index in [2.05, 4.69) is 15.4 Å². The van der Waals surface area contributed by atoms with Crippen LogP contribution >= 0.6 is 0 Å². The summed E-state index contributed by atoms with van der Waals surface area (Å²) in [6, 6.07) is 4.57. The van der Waals surface area contributed by atoms with E-state index < -0.39 is 0 Å². The number of guanidine groups is 1. The molecule has 2 heterocycles. The van der Waals surface area contributed by atoms with Crippen molar-refractivity contribution in [2.75, 3.05) is 13.6 Å². The average molecular weight is 357 g/mol. The number of nitrogens with one attached hydrogen (secondary N) is 1. The molecule has 2 aromatic heterocycles. The largest absolute Gasteiger partial charge is 0.459 e. The smallest absolute Gasteiger partial charge is 0.194 e. The van der Waals surface area contributed by atoms with E-state index in [0.717, 1.165) is 34.8 Å². The Bertz CT molecular complexity index is 927. The van der Waals surface area contributed by atoms with Crippen molar-refractivity contribution in [3.05, 3.63) is 53.3 Å². The normalized spacial score (nSPS) is 12.0. The van der Waals surface area contributed by atoms with Gasteiger partial charge in [0.05, 0.1) is 6.20 Å². The van der Waals surface area contributed by atoms with Gasteiger partial charge in [-0.25, -0.2) is 9.38 Å². The van der Waals surface area contributed by atoms with Crippen molar-refractivity contribution < 1.29 is 8.81 Å². The molecule has 3 aromatic rings. The standard InChI is InChI=1S/C19H24FN5O/c1-5-21-19(24(3)11-14-9-23-25(4)12-14)22-10-18-13(2)16-8-15(20)6-7-17(16)26-18/h6-9,12H,5,10-11H2,1-4H3,(H,21,22). The Kier molecular flexibility index (Phi) is 5.25. The van der Waals surface area contributed by atoms with Crippen molar-refractivity contribution in [2.24, 2.45) is 12.0 Å². The van der Waals surface area contributed by atoms with Crippen LogP contribution in [0.25, 0.3) is 11.0 Å².